The maximum Gasteiger partial charge on any atom is 0.320 e. The topological polar surface area (TPSA) is 49.3 Å². The average molecular weight is 170 g/mol. The summed E-state index contributed by atoms with van der Waals surface area (Å²) in [5.74, 6) is -0.963. The van der Waals surface area contributed by atoms with E-state index in [-0.39, 0.29) is 25.4 Å². The van der Waals surface area contributed by atoms with Crippen LogP contribution in [-0.4, -0.2) is 29.8 Å². The Kier molecular flexibility index (Phi) is 3.60. The van der Waals surface area contributed by atoms with Crippen molar-refractivity contribution < 1.29 is 14.3 Å². The van der Waals surface area contributed by atoms with E-state index in [0.29, 0.717) is 0 Å². The van der Waals surface area contributed by atoms with Crippen molar-refractivity contribution in [1.82, 2.24) is 5.32 Å². The maximum absolute atomic E-state index is 12.2. The molecule has 0 aromatic rings. The van der Waals surface area contributed by atoms with Gasteiger partial charge in [-0.3, -0.25) is 4.79 Å². The third kappa shape index (κ3) is 2.11. The minimum Gasteiger partial charge on any atom is -0.480 e. The van der Waals surface area contributed by atoms with Crippen LogP contribution < -0.4 is 5.32 Å². The van der Waals surface area contributed by atoms with Crippen LogP contribution in [0.2, 0.25) is 0 Å². The molecule has 2 atom stereocenters. The molecule has 3 nitrogen and oxygen atoms in total. The number of hydrogen-bond donors (Lipinski definition) is 2. The zero-order valence-corrected chi connectivity index (χ0v) is 6.03. The molecule has 0 aromatic carbocycles. The molecule has 1 saturated heterocycles. The summed E-state index contributed by atoms with van der Waals surface area (Å²) in [4.78, 5) is 10.1. The number of carboxylic acids is 1. The first kappa shape index (κ1) is 9.65. The lowest BCUT2D eigenvalue weighted by atomic mass is 10.2. The van der Waals surface area contributed by atoms with E-state index in [1.54, 1.807) is 0 Å². The van der Waals surface area contributed by atoms with Gasteiger partial charge in [-0.15, -0.1) is 12.4 Å². The number of carbonyl (C=O) groups is 1. The smallest absolute Gasteiger partial charge is 0.320 e. The van der Waals surface area contributed by atoms with E-state index in [1.165, 1.54) is 0 Å². The Balaban J connectivity index is 0.000000810. The van der Waals surface area contributed by atoms with Gasteiger partial charge in [0.2, 0.25) is 0 Å². The fourth-order valence-corrected chi connectivity index (χ4v) is 0.881. The van der Waals surface area contributed by atoms with E-state index in [1.807, 2.05) is 0 Å². The predicted molar refractivity (Wildman–Crippen MR) is 36.2 cm³/mol. The zero-order valence-electron chi connectivity index (χ0n) is 5.21. The largest absolute Gasteiger partial charge is 0.480 e. The Morgan fingerprint density at radius 2 is 2.30 bits per heavy atom. The standard InChI is InChI=1S/C5H8FNO2.ClH/c6-3-1-4(5(8)9)7-2-3;/h3-4,7H,1-2H2,(H,8,9);1H. The maximum atomic E-state index is 12.2. The number of hydrogen-bond acceptors (Lipinski definition) is 2. The molecule has 0 bridgehead atoms. The third-order valence-corrected chi connectivity index (χ3v) is 1.38. The van der Waals surface area contributed by atoms with E-state index in [4.69, 9.17) is 5.11 Å². The van der Waals surface area contributed by atoms with Crippen LogP contribution in [0.5, 0.6) is 0 Å². The van der Waals surface area contributed by atoms with E-state index in [0.717, 1.165) is 0 Å². The summed E-state index contributed by atoms with van der Waals surface area (Å²) in [5, 5.41) is 10.8. The van der Waals surface area contributed by atoms with Crippen molar-refractivity contribution in [1.29, 1.82) is 0 Å². The molecule has 0 spiro atoms. The van der Waals surface area contributed by atoms with E-state index in [2.05, 4.69) is 5.32 Å². The molecular weight excluding hydrogens is 161 g/mol. The average Bonchev–Trinajstić information content (AvgIpc) is 2.14. The molecule has 1 rings (SSSR count). The molecule has 5 heteroatoms. The number of alkyl halides is 1. The molecule has 1 heterocycles. The highest BCUT2D eigenvalue weighted by Gasteiger charge is 2.28. The van der Waals surface area contributed by atoms with Gasteiger partial charge in [0.1, 0.15) is 12.2 Å². The van der Waals surface area contributed by atoms with Crippen molar-refractivity contribution in [3.05, 3.63) is 0 Å². The second kappa shape index (κ2) is 3.73. The van der Waals surface area contributed by atoms with Crippen molar-refractivity contribution in [2.45, 2.75) is 18.6 Å². The van der Waals surface area contributed by atoms with Gasteiger partial charge in [0.25, 0.3) is 0 Å². The van der Waals surface area contributed by atoms with Gasteiger partial charge < -0.3 is 10.4 Å². The van der Waals surface area contributed by atoms with Gasteiger partial charge in [-0.05, 0) is 0 Å². The van der Waals surface area contributed by atoms with Crippen LogP contribution in [0.15, 0.2) is 0 Å². The molecule has 1 aliphatic rings. The highest BCUT2D eigenvalue weighted by molar-refractivity contribution is 5.85. The van der Waals surface area contributed by atoms with Gasteiger partial charge in [0.15, 0.2) is 0 Å². The first-order valence-corrected chi connectivity index (χ1v) is 2.80. The van der Waals surface area contributed by atoms with E-state index >= 15 is 0 Å². The summed E-state index contributed by atoms with van der Waals surface area (Å²) in [5.41, 5.74) is 0. The van der Waals surface area contributed by atoms with Crippen molar-refractivity contribution in [2.75, 3.05) is 6.54 Å². The van der Waals surface area contributed by atoms with Crippen LogP contribution in [-0.2, 0) is 4.79 Å². The Hall–Kier alpha value is -0.350. The highest BCUT2D eigenvalue weighted by Crippen LogP contribution is 2.09. The summed E-state index contributed by atoms with van der Waals surface area (Å²) in [6, 6.07) is -0.667. The van der Waals surface area contributed by atoms with Crippen LogP contribution in [0.25, 0.3) is 0 Å². The molecule has 1 aliphatic heterocycles. The Bertz CT molecular complexity index is 133. The van der Waals surface area contributed by atoms with Gasteiger partial charge in [-0.2, -0.15) is 0 Å². The molecular formula is C5H9ClFNO2. The molecule has 60 valence electrons. The first-order valence-electron chi connectivity index (χ1n) is 2.80. The lowest BCUT2D eigenvalue weighted by Gasteiger charge is -1.99. The van der Waals surface area contributed by atoms with E-state index in [9.17, 15) is 9.18 Å². The summed E-state index contributed by atoms with van der Waals surface area (Å²) in [6.07, 6.45) is -0.874. The van der Waals surface area contributed by atoms with Gasteiger partial charge in [0, 0.05) is 13.0 Å². The van der Waals surface area contributed by atoms with Crippen LogP contribution >= 0.6 is 12.4 Å². The molecule has 10 heavy (non-hydrogen) atoms. The van der Waals surface area contributed by atoms with Crippen LogP contribution in [0.3, 0.4) is 0 Å². The van der Waals surface area contributed by atoms with Crippen LogP contribution in [0.4, 0.5) is 4.39 Å². The summed E-state index contributed by atoms with van der Waals surface area (Å²) in [7, 11) is 0. The number of carboxylic acid groups (broad SMARTS) is 1. The minimum atomic E-state index is -0.980. The lowest BCUT2D eigenvalue weighted by molar-refractivity contribution is -0.139. The predicted octanol–water partition coefficient (Wildman–Crippen LogP) is 0.193. The fourth-order valence-electron chi connectivity index (χ4n) is 0.881. The molecule has 1 fully saturated rings. The van der Waals surface area contributed by atoms with Crippen molar-refractivity contribution in [3.8, 4) is 0 Å². The molecule has 0 radical (unpaired) electrons. The van der Waals surface area contributed by atoms with Crippen molar-refractivity contribution in [3.63, 3.8) is 0 Å². The Morgan fingerprint density at radius 3 is 2.50 bits per heavy atom. The number of halogens is 2. The minimum absolute atomic E-state index is 0. The van der Waals surface area contributed by atoms with Crippen LogP contribution in [0.1, 0.15) is 6.42 Å². The SMILES string of the molecule is Cl.O=C(O)C1CC(F)CN1. The second-order valence-corrected chi connectivity index (χ2v) is 2.13. The zero-order chi connectivity index (χ0) is 6.85. The molecule has 0 amide bonds. The summed E-state index contributed by atoms with van der Waals surface area (Å²) < 4.78 is 12.2. The molecule has 2 N–H and O–H groups in total. The molecule has 0 aromatic heterocycles. The normalized spacial score (nSPS) is 31.3. The summed E-state index contributed by atoms with van der Waals surface area (Å²) >= 11 is 0. The third-order valence-electron chi connectivity index (χ3n) is 1.38. The number of aliphatic carboxylic acids is 1. The van der Waals surface area contributed by atoms with Gasteiger partial charge in [0.05, 0.1) is 0 Å². The number of rotatable bonds is 1. The Labute approximate surface area is 64.0 Å². The van der Waals surface area contributed by atoms with E-state index < -0.39 is 18.2 Å². The molecule has 2 unspecified atom stereocenters. The number of nitrogens with one attached hydrogen (secondary N) is 1. The van der Waals surface area contributed by atoms with Crippen molar-refractivity contribution >= 4 is 18.4 Å². The van der Waals surface area contributed by atoms with Gasteiger partial charge in [-0.25, -0.2) is 4.39 Å². The van der Waals surface area contributed by atoms with Gasteiger partial charge >= 0.3 is 5.97 Å². The van der Waals surface area contributed by atoms with Gasteiger partial charge in [-0.1, -0.05) is 0 Å². The summed E-state index contributed by atoms with van der Waals surface area (Å²) in [6.45, 7) is 0.178. The highest BCUT2D eigenvalue weighted by atomic mass is 35.5. The first-order chi connectivity index (χ1) is 4.20. The van der Waals surface area contributed by atoms with Crippen LogP contribution in [0, 0.1) is 0 Å². The molecule has 0 aliphatic carbocycles. The fraction of sp³-hybridized carbons (Fsp3) is 0.800. The second-order valence-electron chi connectivity index (χ2n) is 2.13. The quantitative estimate of drug-likeness (QED) is 0.589. The lowest BCUT2D eigenvalue weighted by Crippen LogP contribution is -2.29. The Morgan fingerprint density at radius 1 is 1.70 bits per heavy atom. The van der Waals surface area contributed by atoms with Crippen molar-refractivity contribution in [2.24, 2.45) is 0 Å². The molecule has 0 saturated carbocycles. The monoisotopic (exact) mass is 169 g/mol.